The maximum absolute atomic E-state index is 14.5. The molecule has 4 aromatic rings. The van der Waals surface area contributed by atoms with Crippen molar-refractivity contribution in [2.75, 3.05) is 40.1 Å². The third kappa shape index (κ3) is 7.97. The number of aromatic nitrogens is 3. The number of alkyl halides is 3. The van der Waals surface area contributed by atoms with Gasteiger partial charge >= 0.3 is 12.1 Å². The Labute approximate surface area is 272 Å². The van der Waals surface area contributed by atoms with Gasteiger partial charge < -0.3 is 23.9 Å². The van der Waals surface area contributed by atoms with Crippen LogP contribution in [0.4, 0.5) is 22.0 Å². The predicted molar refractivity (Wildman–Crippen MR) is 164 cm³/mol. The van der Waals surface area contributed by atoms with Crippen LogP contribution in [0.1, 0.15) is 41.9 Å². The van der Waals surface area contributed by atoms with E-state index < -0.39 is 35.4 Å². The van der Waals surface area contributed by atoms with Gasteiger partial charge in [0.05, 0.1) is 61.7 Å². The minimum Gasteiger partial charge on any atom is -0.494 e. The lowest BCUT2D eigenvalue weighted by Crippen LogP contribution is -2.34. The first-order valence-corrected chi connectivity index (χ1v) is 15.0. The van der Waals surface area contributed by atoms with E-state index in [1.165, 1.54) is 60.9 Å². The number of imidazole rings is 1. The predicted octanol–water partition coefficient (Wildman–Crippen LogP) is 6.32. The number of H-pyrrole nitrogens is 1. The second-order valence-corrected chi connectivity index (χ2v) is 10.6. The van der Waals surface area contributed by atoms with Crippen LogP contribution in [0.15, 0.2) is 59.8 Å². The molecule has 0 saturated carbocycles. The highest BCUT2D eigenvalue weighted by atomic mass is 19.4. The van der Waals surface area contributed by atoms with Crippen LogP contribution in [0.5, 0.6) is 5.75 Å². The van der Waals surface area contributed by atoms with Crippen LogP contribution in [0.25, 0.3) is 22.6 Å². The molecule has 3 heterocycles. The largest absolute Gasteiger partial charge is 0.494 e. The Bertz CT molecular complexity index is 1750. The molecule has 15 heteroatoms. The van der Waals surface area contributed by atoms with E-state index in [0.29, 0.717) is 31.0 Å². The van der Waals surface area contributed by atoms with E-state index in [-0.39, 0.29) is 60.3 Å². The number of pyridine rings is 1. The molecule has 0 spiro atoms. The number of carbonyl (C=O) groups is 1. The van der Waals surface area contributed by atoms with E-state index in [9.17, 15) is 26.7 Å². The number of halogens is 5. The van der Waals surface area contributed by atoms with Gasteiger partial charge in [-0.1, -0.05) is 19.1 Å². The fraction of sp³-hybridized carbons (Fsp3) is 0.333. The van der Waals surface area contributed by atoms with E-state index >= 15 is 0 Å². The summed E-state index contributed by atoms with van der Waals surface area (Å²) in [6.07, 6.45) is -1.42. The molecule has 1 aliphatic heterocycles. The maximum atomic E-state index is 14.5. The molecule has 0 aliphatic carbocycles. The number of esters is 1. The van der Waals surface area contributed by atoms with Crippen molar-refractivity contribution >= 4 is 12.2 Å². The smallest absolute Gasteiger partial charge is 0.417 e. The Balaban J connectivity index is 1.42. The fourth-order valence-corrected chi connectivity index (χ4v) is 4.93. The Morgan fingerprint density at radius 3 is 2.56 bits per heavy atom. The van der Waals surface area contributed by atoms with Gasteiger partial charge in [0.25, 0.3) is 0 Å². The summed E-state index contributed by atoms with van der Waals surface area (Å²) in [5.74, 6) is -2.69. The number of hydrogen-bond donors (Lipinski definition) is 1. The van der Waals surface area contributed by atoms with Crippen LogP contribution in [0, 0.1) is 11.6 Å². The molecular formula is C33H32F5N5O5. The summed E-state index contributed by atoms with van der Waals surface area (Å²) in [6, 6.07) is 9.03. The standard InChI is InChI=1S/C33H32F5N5O5/c1-3-11-47-21-8-9-22(24(16-21)33(36,37)38)26-10-7-20(17-39-26)30(32(44)48-15-14-46-13-12-45-2)43-19-28-27(18-40-43)41-31(42-28)23-5-4-6-25(34)29(23)35/h4-10,16-18,30H,3,11-15,19H2,1-2H3,(H,41,42). The minimum atomic E-state index is -4.68. The molecule has 10 nitrogen and oxygen atoms in total. The number of carbonyl (C=O) groups excluding carboxylic acids is 1. The third-order valence-corrected chi connectivity index (χ3v) is 7.24. The number of aromatic amines is 1. The lowest BCUT2D eigenvalue weighted by atomic mass is 10.0. The van der Waals surface area contributed by atoms with E-state index in [1.54, 1.807) is 0 Å². The van der Waals surface area contributed by atoms with Crippen molar-refractivity contribution in [1.29, 1.82) is 0 Å². The van der Waals surface area contributed by atoms with Gasteiger partial charge in [-0.15, -0.1) is 0 Å². The maximum Gasteiger partial charge on any atom is 0.417 e. The molecule has 0 amide bonds. The van der Waals surface area contributed by atoms with Crippen LogP contribution >= 0.6 is 0 Å². The summed E-state index contributed by atoms with van der Waals surface area (Å²) in [5.41, 5.74) is -0.0725. The topological polar surface area (TPSA) is 111 Å². The molecule has 0 saturated heterocycles. The zero-order valence-electron chi connectivity index (χ0n) is 26.0. The summed E-state index contributed by atoms with van der Waals surface area (Å²) in [6.45, 7) is 2.73. The molecule has 1 aliphatic rings. The summed E-state index contributed by atoms with van der Waals surface area (Å²) >= 11 is 0. The molecule has 0 fully saturated rings. The number of hydrogen-bond acceptors (Lipinski definition) is 9. The summed E-state index contributed by atoms with van der Waals surface area (Å²) < 4.78 is 91.7. The van der Waals surface area contributed by atoms with Gasteiger partial charge in [-0.05, 0) is 42.8 Å². The van der Waals surface area contributed by atoms with Gasteiger partial charge in [-0.3, -0.25) is 9.99 Å². The van der Waals surface area contributed by atoms with Gasteiger partial charge in [-0.2, -0.15) is 18.3 Å². The summed E-state index contributed by atoms with van der Waals surface area (Å²) in [5, 5.41) is 5.74. The molecule has 1 unspecified atom stereocenters. The quantitative estimate of drug-likeness (QED) is 0.0941. The second-order valence-electron chi connectivity index (χ2n) is 10.6. The van der Waals surface area contributed by atoms with Gasteiger partial charge in [0.15, 0.2) is 17.7 Å². The molecule has 2 aromatic carbocycles. The van der Waals surface area contributed by atoms with Gasteiger partial charge in [0.1, 0.15) is 23.9 Å². The van der Waals surface area contributed by atoms with Gasteiger partial charge in [-0.25, -0.2) is 18.6 Å². The second kappa shape index (κ2) is 15.3. The number of rotatable bonds is 14. The lowest BCUT2D eigenvalue weighted by molar-refractivity contribution is -0.152. The van der Waals surface area contributed by atoms with Gasteiger partial charge in [0, 0.05) is 24.4 Å². The van der Waals surface area contributed by atoms with Crippen LogP contribution in [0.2, 0.25) is 0 Å². The number of ether oxygens (including phenoxy) is 4. The molecular weight excluding hydrogens is 641 g/mol. The Morgan fingerprint density at radius 2 is 1.83 bits per heavy atom. The molecule has 2 aromatic heterocycles. The molecule has 254 valence electrons. The van der Waals surface area contributed by atoms with Gasteiger partial charge in [0.2, 0.25) is 0 Å². The zero-order valence-corrected chi connectivity index (χ0v) is 26.0. The normalized spacial score (nSPS) is 13.4. The van der Waals surface area contributed by atoms with E-state index in [1.807, 2.05) is 6.92 Å². The lowest BCUT2D eigenvalue weighted by Gasteiger charge is -2.29. The van der Waals surface area contributed by atoms with Crippen LogP contribution in [-0.2, 0) is 31.7 Å². The molecule has 1 N–H and O–H groups in total. The number of nitrogens with one attached hydrogen (secondary N) is 1. The van der Waals surface area contributed by atoms with Crippen molar-refractivity contribution in [3.05, 3.63) is 88.9 Å². The monoisotopic (exact) mass is 673 g/mol. The number of benzene rings is 2. The minimum absolute atomic E-state index is 0.0199. The SMILES string of the molecule is CCCOc1ccc(-c2ccc(C(C(=O)OCCOCCOC)N3Cc4[nH]c(-c5cccc(F)c5F)nc4C=N3)cn2)c(C(F)(F)F)c1. The highest BCUT2D eigenvalue weighted by Gasteiger charge is 2.36. The van der Waals surface area contributed by atoms with Crippen molar-refractivity contribution in [3.8, 4) is 28.4 Å². The first-order valence-electron chi connectivity index (χ1n) is 15.0. The summed E-state index contributed by atoms with van der Waals surface area (Å²) in [4.78, 5) is 25.1. The Kier molecular flexibility index (Phi) is 11.0. The fourth-order valence-electron chi connectivity index (χ4n) is 4.93. The molecule has 5 rings (SSSR count). The Morgan fingerprint density at radius 1 is 1.02 bits per heavy atom. The Hall–Kier alpha value is -4.89. The number of fused-ring (bicyclic) bond motifs is 1. The zero-order chi connectivity index (χ0) is 34.3. The number of methoxy groups -OCH3 is 1. The van der Waals surface area contributed by atoms with Crippen LogP contribution in [-0.4, -0.2) is 72.3 Å². The highest BCUT2D eigenvalue weighted by Crippen LogP contribution is 2.39. The molecule has 48 heavy (non-hydrogen) atoms. The van der Waals surface area contributed by atoms with E-state index in [0.717, 1.165) is 12.1 Å². The third-order valence-electron chi connectivity index (χ3n) is 7.24. The highest BCUT2D eigenvalue weighted by molar-refractivity contribution is 5.82. The van der Waals surface area contributed by atoms with Crippen LogP contribution < -0.4 is 4.74 Å². The first kappa shape index (κ1) is 34.4. The molecule has 1 atom stereocenters. The average molecular weight is 674 g/mol. The van der Waals surface area contributed by atoms with Crippen molar-refractivity contribution in [2.45, 2.75) is 32.1 Å². The molecule has 0 bridgehead atoms. The number of nitrogens with zero attached hydrogens (tertiary/aromatic N) is 4. The van der Waals surface area contributed by atoms with Crippen molar-refractivity contribution in [1.82, 2.24) is 20.0 Å². The van der Waals surface area contributed by atoms with E-state index in [4.69, 9.17) is 18.9 Å². The van der Waals surface area contributed by atoms with Crippen molar-refractivity contribution in [3.63, 3.8) is 0 Å². The van der Waals surface area contributed by atoms with E-state index in [2.05, 4.69) is 20.1 Å². The van der Waals surface area contributed by atoms with Crippen molar-refractivity contribution in [2.24, 2.45) is 5.10 Å². The molecule has 0 radical (unpaired) electrons. The first-order chi connectivity index (χ1) is 23.1. The number of hydrazone groups is 1. The average Bonchev–Trinajstić information content (AvgIpc) is 3.50. The summed E-state index contributed by atoms with van der Waals surface area (Å²) in [7, 11) is 1.52. The van der Waals surface area contributed by atoms with Crippen molar-refractivity contribution < 1.29 is 45.7 Å². The van der Waals surface area contributed by atoms with Crippen LogP contribution in [0.3, 0.4) is 0 Å².